The lowest BCUT2D eigenvalue weighted by molar-refractivity contribution is -0.141. The summed E-state index contributed by atoms with van der Waals surface area (Å²) < 4.78 is 0. The summed E-state index contributed by atoms with van der Waals surface area (Å²) in [7, 11) is 0. The van der Waals surface area contributed by atoms with Crippen LogP contribution in [0.4, 0.5) is 0 Å². The summed E-state index contributed by atoms with van der Waals surface area (Å²) in [5.41, 5.74) is 0.333. The predicted octanol–water partition coefficient (Wildman–Crippen LogP) is 1.66. The zero-order valence-corrected chi connectivity index (χ0v) is 15.2. The first-order valence-corrected chi connectivity index (χ1v) is 8.84. The molecule has 2 aromatic rings. The van der Waals surface area contributed by atoms with Crippen LogP contribution in [0.3, 0.4) is 0 Å². The lowest BCUT2D eigenvalue weighted by Gasteiger charge is -2.37. The number of carbonyl (C=O) groups is 1. The molecule has 1 aromatic carbocycles. The van der Waals surface area contributed by atoms with Crippen LogP contribution >= 0.6 is 0 Å². The molecular formula is C19H26N4O2. The van der Waals surface area contributed by atoms with E-state index in [9.17, 15) is 9.59 Å². The molecule has 0 spiro atoms. The maximum atomic E-state index is 12.3. The lowest BCUT2D eigenvalue weighted by Crippen LogP contribution is -2.51. The van der Waals surface area contributed by atoms with Crippen molar-refractivity contribution in [2.45, 2.75) is 27.2 Å². The van der Waals surface area contributed by atoms with E-state index in [1.54, 1.807) is 6.07 Å². The van der Waals surface area contributed by atoms with E-state index >= 15 is 0 Å². The number of aromatic amines is 1. The topological polar surface area (TPSA) is 69.3 Å². The minimum atomic E-state index is -0.323. The number of H-pyrrole nitrogens is 1. The molecule has 0 saturated carbocycles. The van der Waals surface area contributed by atoms with Gasteiger partial charge in [-0.15, -0.1) is 0 Å². The average Bonchev–Trinajstić information content (AvgIpc) is 2.59. The smallest absolute Gasteiger partial charge is 0.258 e. The molecular weight excluding hydrogens is 316 g/mol. The number of amides is 1. The van der Waals surface area contributed by atoms with Gasteiger partial charge >= 0.3 is 0 Å². The maximum absolute atomic E-state index is 12.3. The SMILES string of the molecule is CC(C)(C)C(=O)N1CCN(CCc2nc3ccccc3c(=O)[nH]2)CC1. The van der Waals surface area contributed by atoms with Crippen LogP contribution in [-0.2, 0) is 11.2 Å². The van der Waals surface area contributed by atoms with Gasteiger partial charge in [0.15, 0.2) is 0 Å². The molecule has 6 heteroatoms. The summed E-state index contributed by atoms with van der Waals surface area (Å²) >= 11 is 0. The molecule has 0 atom stereocenters. The Balaban J connectivity index is 1.57. The maximum Gasteiger partial charge on any atom is 0.258 e. The van der Waals surface area contributed by atoms with Crippen LogP contribution in [0, 0.1) is 5.41 Å². The first-order valence-electron chi connectivity index (χ1n) is 8.84. The highest BCUT2D eigenvalue weighted by molar-refractivity contribution is 5.81. The molecule has 6 nitrogen and oxygen atoms in total. The third-order valence-corrected chi connectivity index (χ3v) is 4.63. The van der Waals surface area contributed by atoms with Crippen molar-refractivity contribution in [1.29, 1.82) is 0 Å². The van der Waals surface area contributed by atoms with Gasteiger partial charge in [0, 0.05) is 44.6 Å². The van der Waals surface area contributed by atoms with Gasteiger partial charge in [-0.2, -0.15) is 0 Å². The van der Waals surface area contributed by atoms with Crippen LogP contribution in [0.15, 0.2) is 29.1 Å². The molecule has 134 valence electrons. The van der Waals surface area contributed by atoms with Gasteiger partial charge in [0.1, 0.15) is 5.82 Å². The first kappa shape index (κ1) is 17.6. The predicted molar refractivity (Wildman–Crippen MR) is 98.5 cm³/mol. The molecule has 1 amide bonds. The second kappa shape index (κ2) is 6.96. The molecule has 1 saturated heterocycles. The molecule has 2 heterocycles. The molecule has 1 N–H and O–H groups in total. The number of carbonyl (C=O) groups excluding carboxylic acids is 1. The number of aromatic nitrogens is 2. The van der Waals surface area contributed by atoms with Crippen molar-refractivity contribution in [3.63, 3.8) is 0 Å². The first-order chi connectivity index (χ1) is 11.8. The Morgan fingerprint density at radius 2 is 1.84 bits per heavy atom. The summed E-state index contributed by atoms with van der Waals surface area (Å²) in [5, 5.41) is 0.626. The van der Waals surface area contributed by atoms with Crippen molar-refractivity contribution < 1.29 is 4.79 Å². The number of para-hydroxylation sites is 1. The number of hydrogen-bond donors (Lipinski definition) is 1. The van der Waals surface area contributed by atoms with Crippen molar-refractivity contribution in [2.24, 2.45) is 5.41 Å². The summed E-state index contributed by atoms with van der Waals surface area (Å²) in [5.74, 6) is 0.935. The second-order valence-corrected chi connectivity index (χ2v) is 7.66. The number of nitrogens with zero attached hydrogens (tertiary/aromatic N) is 3. The summed E-state index contributed by atoms with van der Waals surface area (Å²) in [4.78, 5) is 36.1. The van der Waals surface area contributed by atoms with E-state index in [-0.39, 0.29) is 16.9 Å². The van der Waals surface area contributed by atoms with Gasteiger partial charge in [0.25, 0.3) is 5.56 Å². The fourth-order valence-corrected chi connectivity index (χ4v) is 3.17. The van der Waals surface area contributed by atoms with Crippen molar-refractivity contribution in [1.82, 2.24) is 19.8 Å². The van der Waals surface area contributed by atoms with E-state index in [2.05, 4.69) is 14.9 Å². The van der Waals surface area contributed by atoms with E-state index in [4.69, 9.17) is 0 Å². The Hall–Kier alpha value is -2.21. The quantitative estimate of drug-likeness (QED) is 0.921. The zero-order valence-electron chi connectivity index (χ0n) is 15.2. The lowest BCUT2D eigenvalue weighted by atomic mass is 9.94. The van der Waals surface area contributed by atoms with Crippen LogP contribution in [-0.4, -0.2) is 58.4 Å². The molecule has 0 aliphatic carbocycles. The monoisotopic (exact) mass is 342 g/mol. The van der Waals surface area contributed by atoms with Gasteiger partial charge in [0.05, 0.1) is 10.9 Å². The van der Waals surface area contributed by atoms with Gasteiger partial charge in [-0.05, 0) is 12.1 Å². The summed E-state index contributed by atoms with van der Waals surface area (Å²) in [6.07, 6.45) is 0.702. The van der Waals surface area contributed by atoms with Crippen LogP contribution in [0.25, 0.3) is 10.9 Å². The van der Waals surface area contributed by atoms with Gasteiger partial charge in [-0.25, -0.2) is 4.98 Å². The van der Waals surface area contributed by atoms with E-state index in [0.29, 0.717) is 11.8 Å². The van der Waals surface area contributed by atoms with E-state index < -0.39 is 0 Å². The molecule has 25 heavy (non-hydrogen) atoms. The van der Waals surface area contributed by atoms with Gasteiger partial charge in [0.2, 0.25) is 5.91 Å². The van der Waals surface area contributed by atoms with Gasteiger partial charge in [-0.1, -0.05) is 32.9 Å². The Labute approximate surface area is 147 Å². The molecule has 1 aliphatic heterocycles. The van der Waals surface area contributed by atoms with E-state index in [1.165, 1.54) is 0 Å². The molecule has 3 rings (SSSR count). The fraction of sp³-hybridized carbons (Fsp3) is 0.526. The van der Waals surface area contributed by atoms with Crippen LogP contribution in [0.2, 0.25) is 0 Å². The number of fused-ring (bicyclic) bond motifs is 1. The van der Waals surface area contributed by atoms with Crippen molar-refractivity contribution in [3.8, 4) is 0 Å². The molecule has 0 radical (unpaired) electrons. The highest BCUT2D eigenvalue weighted by Gasteiger charge is 2.29. The number of hydrogen-bond acceptors (Lipinski definition) is 4. The number of nitrogens with one attached hydrogen (secondary N) is 1. The van der Waals surface area contributed by atoms with Gasteiger partial charge in [-0.3, -0.25) is 14.5 Å². The normalized spacial score (nSPS) is 16.4. The molecule has 1 aliphatic rings. The third kappa shape index (κ3) is 4.07. The molecule has 0 unspecified atom stereocenters. The zero-order chi connectivity index (χ0) is 18.0. The highest BCUT2D eigenvalue weighted by Crippen LogP contribution is 2.18. The Morgan fingerprint density at radius 1 is 1.16 bits per heavy atom. The molecule has 1 aromatic heterocycles. The number of piperazine rings is 1. The Kier molecular flexibility index (Phi) is 4.90. The number of rotatable bonds is 3. The van der Waals surface area contributed by atoms with E-state index in [0.717, 1.165) is 44.1 Å². The van der Waals surface area contributed by atoms with Crippen molar-refractivity contribution in [3.05, 3.63) is 40.4 Å². The minimum absolute atomic E-state index is 0.0822. The Morgan fingerprint density at radius 3 is 2.52 bits per heavy atom. The molecule has 1 fully saturated rings. The van der Waals surface area contributed by atoms with Crippen molar-refractivity contribution in [2.75, 3.05) is 32.7 Å². The minimum Gasteiger partial charge on any atom is -0.340 e. The molecule has 0 bridgehead atoms. The van der Waals surface area contributed by atoms with Crippen LogP contribution < -0.4 is 5.56 Å². The van der Waals surface area contributed by atoms with Crippen LogP contribution in [0.5, 0.6) is 0 Å². The fourth-order valence-electron chi connectivity index (χ4n) is 3.17. The van der Waals surface area contributed by atoms with Crippen molar-refractivity contribution >= 4 is 16.8 Å². The van der Waals surface area contributed by atoms with Crippen LogP contribution in [0.1, 0.15) is 26.6 Å². The third-order valence-electron chi connectivity index (χ3n) is 4.63. The second-order valence-electron chi connectivity index (χ2n) is 7.66. The standard InChI is InChI=1S/C19H26N4O2/c1-19(2,3)18(25)23-12-10-22(11-13-23)9-8-16-20-15-7-5-4-6-14(15)17(24)21-16/h4-7H,8-13H2,1-3H3,(H,20,21,24). The summed E-state index contributed by atoms with van der Waals surface area (Å²) in [6, 6.07) is 7.39. The summed E-state index contributed by atoms with van der Waals surface area (Å²) in [6.45, 7) is 9.96. The highest BCUT2D eigenvalue weighted by atomic mass is 16.2. The number of benzene rings is 1. The van der Waals surface area contributed by atoms with E-state index in [1.807, 2.05) is 43.9 Å². The van der Waals surface area contributed by atoms with Gasteiger partial charge < -0.3 is 9.88 Å². The largest absolute Gasteiger partial charge is 0.340 e. The average molecular weight is 342 g/mol. The Bertz CT molecular complexity index is 814.